The molecule has 0 amide bonds. The summed E-state index contributed by atoms with van der Waals surface area (Å²) in [5.41, 5.74) is 0.497. The summed E-state index contributed by atoms with van der Waals surface area (Å²) in [6.45, 7) is 0. The van der Waals surface area contributed by atoms with Gasteiger partial charge < -0.3 is 4.90 Å². The van der Waals surface area contributed by atoms with Crippen molar-refractivity contribution in [3.05, 3.63) is 23.9 Å². The van der Waals surface area contributed by atoms with E-state index in [1.54, 1.807) is 7.05 Å². The van der Waals surface area contributed by atoms with Crippen LogP contribution in [-0.2, 0) is 4.79 Å². The lowest BCUT2D eigenvalue weighted by molar-refractivity contribution is -0.104. The number of hydrogen-bond acceptors (Lipinski definition) is 2. The number of aldehydes is 1. The van der Waals surface area contributed by atoms with Gasteiger partial charge in [0.25, 0.3) is 0 Å². The second-order valence-electron chi connectivity index (χ2n) is 2.14. The fraction of sp³-hybridized carbons (Fsp3) is 0.286. The number of rotatable bonds is 1. The highest BCUT2D eigenvalue weighted by molar-refractivity contribution is 5.77. The van der Waals surface area contributed by atoms with Gasteiger partial charge in [0.15, 0.2) is 12.6 Å². The molecule has 0 saturated heterocycles. The Kier molecular flexibility index (Phi) is 1.85. The number of likely N-dealkylation sites (N-methyl/N-ethyl adjacent to an activating group) is 1. The van der Waals surface area contributed by atoms with Gasteiger partial charge in [-0.3, -0.25) is 4.79 Å². The van der Waals surface area contributed by atoms with Crippen molar-refractivity contribution in [1.29, 1.82) is 0 Å². The van der Waals surface area contributed by atoms with Crippen molar-refractivity contribution in [2.24, 2.45) is 0 Å². The van der Waals surface area contributed by atoms with E-state index in [1.165, 1.54) is 23.3 Å². The molecule has 2 nitrogen and oxygen atoms in total. The number of allylic oxidation sites excluding steroid dienone is 2. The third-order valence-corrected chi connectivity index (χ3v) is 1.33. The van der Waals surface area contributed by atoms with Gasteiger partial charge >= 0.3 is 0 Å². The Morgan fingerprint density at radius 2 is 2.50 bits per heavy atom. The van der Waals surface area contributed by atoms with Gasteiger partial charge in [0.05, 0.1) is 0 Å². The van der Waals surface area contributed by atoms with Crippen LogP contribution in [0.2, 0.25) is 0 Å². The van der Waals surface area contributed by atoms with Gasteiger partial charge in [-0.2, -0.15) is 0 Å². The molecule has 0 aliphatic carbocycles. The van der Waals surface area contributed by atoms with Crippen LogP contribution < -0.4 is 0 Å². The minimum atomic E-state index is -1.09. The standard InChI is InChI=1S/C7H8FNO/c1-9-4-6(5-10)2-3-7(9)8/h2-5,7H,1H3. The highest BCUT2D eigenvalue weighted by atomic mass is 19.1. The van der Waals surface area contributed by atoms with E-state index in [1.807, 2.05) is 0 Å². The van der Waals surface area contributed by atoms with Crippen LogP contribution in [0.15, 0.2) is 23.9 Å². The molecule has 1 heterocycles. The van der Waals surface area contributed by atoms with Crippen LogP contribution in [0.25, 0.3) is 0 Å². The molecule has 0 aromatic heterocycles. The van der Waals surface area contributed by atoms with Crippen molar-refractivity contribution in [2.75, 3.05) is 7.05 Å². The van der Waals surface area contributed by atoms with E-state index in [0.717, 1.165) is 0 Å². The zero-order chi connectivity index (χ0) is 7.56. The van der Waals surface area contributed by atoms with Gasteiger partial charge in [-0.15, -0.1) is 0 Å². The van der Waals surface area contributed by atoms with Gasteiger partial charge in [0, 0.05) is 18.8 Å². The molecular formula is C7H8FNO. The van der Waals surface area contributed by atoms with Crippen LogP contribution in [0, 0.1) is 0 Å². The topological polar surface area (TPSA) is 20.3 Å². The van der Waals surface area contributed by atoms with Crippen molar-refractivity contribution in [3.8, 4) is 0 Å². The number of hydrogen-bond donors (Lipinski definition) is 0. The van der Waals surface area contributed by atoms with Crippen LogP contribution in [0.3, 0.4) is 0 Å². The first-order valence-electron chi connectivity index (χ1n) is 2.95. The Bertz CT molecular complexity index is 198. The average molecular weight is 141 g/mol. The molecule has 1 rings (SSSR count). The van der Waals surface area contributed by atoms with E-state index >= 15 is 0 Å². The molecule has 0 aromatic carbocycles. The monoisotopic (exact) mass is 141 g/mol. The smallest absolute Gasteiger partial charge is 0.191 e. The Balaban J connectivity index is 2.75. The second kappa shape index (κ2) is 2.64. The minimum absolute atomic E-state index is 0.497. The second-order valence-corrected chi connectivity index (χ2v) is 2.14. The summed E-state index contributed by atoms with van der Waals surface area (Å²) in [5.74, 6) is 0. The predicted molar refractivity (Wildman–Crippen MR) is 35.9 cm³/mol. The van der Waals surface area contributed by atoms with Crippen molar-refractivity contribution >= 4 is 6.29 Å². The summed E-state index contributed by atoms with van der Waals surface area (Å²) < 4.78 is 12.6. The molecule has 3 heteroatoms. The molecule has 1 aliphatic rings. The third-order valence-electron chi connectivity index (χ3n) is 1.33. The molecule has 0 spiro atoms. The summed E-state index contributed by atoms with van der Waals surface area (Å²) in [6.07, 6.45) is 3.88. The van der Waals surface area contributed by atoms with Crippen molar-refractivity contribution in [3.63, 3.8) is 0 Å². The maximum absolute atomic E-state index is 12.6. The van der Waals surface area contributed by atoms with Crippen molar-refractivity contribution < 1.29 is 9.18 Å². The van der Waals surface area contributed by atoms with Gasteiger partial charge in [-0.05, 0) is 12.2 Å². The molecule has 54 valence electrons. The average Bonchev–Trinajstić information content (AvgIpc) is 1.95. The highest BCUT2D eigenvalue weighted by Gasteiger charge is 2.10. The van der Waals surface area contributed by atoms with Crippen LogP contribution in [0.4, 0.5) is 4.39 Å². The lowest BCUT2D eigenvalue weighted by Gasteiger charge is -2.19. The molecule has 0 N–H and O–H groups in total. The fourth-order valence-electron chi connectivity index (χ4n) is 0.745. The number of carbonyl (C=O) groups excluding carboxylic acids is 1. The maximum Gasteiger partial charge on any atom is 0.191 e. The zero-order valence-corrected chi connectivity index (χ0v) is 5.62. The Hall–Kier alpha value is -1.12. The van der Waals surface area contributed by atoms with E-state index in [4.69, 9.17) is 0 Å². The summed E-state index contributed by atoms with van der Waals surface area (Å²) in [5, 5.41) is 0. The van der Waals surface area contributed by atoms with Crippen LogP contribution in [-0.4, -0.2) is 24.5 Å². The molecule has 0 bridgehead atoms. The Labute approximate surface area is 58.6 Å². The predicted octanol–water partition coefficient (Wildman–Crippen LogP) is 0.866. The summed E-state index contributed by atoms with van der Waals surface area (Å²) in [6, 6.07) is 0. The maximum atomic E-state index is 12.6. The van der Waals surface area contributed by atoms with Crippen molar-refractivity contribution in [2.45, 2.75) is 6.30 Å². The van der Waals surface area contributed by atoms with E-state index in [2.05, 4.69) is 0 Å². The van der Waals surface area contributed by atoms with Gasteiger partial charge in [-0.25, -0.2) is 4.39 Å². The van der Waals surface area contributed by atoms with Crippen molar-refractivity contribution in [1.82, 2.24) is 4.90 Å². The number of nitrogens with zero attached hydrogens (tertiary/aromatic N) is 1. The molecule has 0 aromatic rings. The quantitative estimate of drug-likeness (QED) is 0.399. The zero-order valence-electron chi connectivity index (χ0n) is 5.62. The van der Waals surface area contributed by atoms with Gasteiger partial charge in [-0.1, -0.05) is 0 Å². The molecule has 1 aliphatic heterocycles. The molecule has 0 radical (unpaired) electrons. The molecular weight excluding hydrogens is 133 g/mol. The third kappa shape index (κ3) is 1.23. The van der Waals surface area contributed by atoms with Gasteiger partial charge in [0.2, 0.25) is 0 Å². The highest BCUT2D eigenvalue weighted by Crippen LogP contribution is 2.10. The number of halogens is 1. The molecule has 10 heavy (non-hydrogen) atoms. The van der Waals surface area contributed by atoms with Crippen LogP contribution in [0.5, 0.6) is 0 Å². The number of alkyl halides is 1. The molecule has 1 unspecified atom stereocenters. The summed E-state index contributed by atoms with van der Waals surface area (Å²) in [4.78, 5) is 11.5. The Morgan fingerprint density at radius 3 is 3.00 bits per heavy atom. The fourth-order valence-corrected chi connectivity index (χ4v) is 0.745. The normalized spacial score (nSPS) is 24.4. The first kappa shape index (κ1) is 6.99. The first-order valence-corrected chi connectivity index (χ1v) is 2.95. The minimum Gasteiger partial charge on any atom is -0.348 e. The molecule has 1 atom stereocenters. The van der Waals surface area contributed by atoms with Crippen LogP contribution in [0.1, 0.15) is 0 Å². The summed E-state index contributed by atoms with van der Waals surface area (Å²) >= 11 is 0. The first-order chi connectivity index (χ1) is 4.74. The van der Waals surface area contributed by atoms with E-state index in [-0.39, 0.29) is 0 Å². The van der Waals surface area contributed by atoms with E-state index in [0.29, 0.717) is 11.9 Å². The lowest BCUT2D eigenvalue weighted by Crippen LogP contribution is -2.23. The van der Waals surface area contributed by atoms with Gasteiger partial charge in [0.1, 0.15) is 0 Å². The molecule has 0 saturated carbocycles. The SMILES string of the molecule is CN1C=C(C=O)C=CC1F. The Morgan fingerprint density at radius 1 is 1.80 bits per heavy atom. The van der Waals surface area contributed by atoms with E-state index < -0.39 is 6.30 Å². The van der Waals surface area contributed by atoms with Crippen LogP contribution >= 0.6 is 0 Å². The molecule has 0 fully saturated rings. The summed E-state index contributed by atoms with van der Waals surface area (Å²) in [7, 11) is 1.58. The lowest BCUT2D eigenvalue weighted by atomic mass is 10.2. The number of carbonyl (C=O) groups is 1. The van der Waals surface area contributed by atoms with E-state index in [9.17, 15) is 9.18 Å². The largest absolute Gasteiger partial charge is 0.348 e.